The third-order valence-corrected chi connectivity index (χ3v) is 5.38. The van der Waals surface area contributed by atoms with Crippen LogP contribution < -0.4 is 0 Å². The van der Waals surface area contributed by atoms with Crippen LogP contribution in [0.2, 0.25) is 0 Å². The Hall–Kier alpha value is -2.15. The van der Waals surface area contributed by atoms with Crippen molar-refractivity contribution in [3.8, 4) is 11.1 Å². The van der Waals surface area contributed by atoms with Gasteiger partial charge in [0.25, 0.3) is 0 Å². The highest BCUT2D eigenvalue weighted by Gasteiger charge is 2.11. The molecule has 0 N–H and O–H groups in total. The lowest BCUT2D eigenvalue weighted by Gasteiger charge is -1.99. The second-order valence-corrected chi connectivity index (χ2v) is 6.41. The quantitative estimate of drug-likeness (QED) is 0.361. The zero-order valence-electron chi connectivity index (χ0n) is 10.5. The van der Waals surface area contributed by atoms with E-state index >= 15 is 0 Å². The second-order valence-electron chi connectivity index (χ2n) is 4.59. The maximum absolute atomic E-state index is 7.18. The van der Waals surface area contributed by atoms with Crippen LogP contribution in [0, 0.1) is 6.57 Å². The molecule has 2 aromatic carbocycles. The molecule has 4 aromatic rings. The first-order valence-electron chi connectivity index (χ1n) is 6.22. The fourth-order valence-corrected chi connectivity index (χ4v) is 4.38. The molecule has 4 rings (SSSR count). The molecule has 20 heavy (non-hydrogen) atoms. The molecule has 94 valence electrons. The molecule has 0 amide bonds. The molecular formula is C17H9NS2. The van der Waals surface area contributed by atoms with E-state index in [0.717, 1.165) is 0 Å². The van der Waals surface area contributed by atoms with Gasteiger partial charge in [0.2, 0.25) is 0 Å². The number of hydrogen-bond acceptors (Lipinski definition) is 2. The Labute approximate surface area is 124 Å². The summed E-state index contributed by atoms with van der Waals surface area (Å²) in [6.07, 6.45) is 0. The molecule has 1 nitrogen and oxygen atoms in total. The summed E-state index contributed by atoms with van der Waals surface area (Å²) in [7, 11) is 0. The van der Waals surface area contributed by atoms with Gasteiger partial charge in [-0.1, -0.05) is 30.3 Å². The van der Waals surface area contributed by atoms with Crippen LogP contribution in [-0.4, -0.2) is 0 Å². The summed E-state index contributed by atoms with van der Waals surface area (Å²) >= 11 is 3.52. The first-order valence-corrected chi connectivity index (χ1v) is 7.98. The van der Waals surface area contributed by atoms with Gasteiger partial charge in [-0.3, -0.25) is 0 Å². The van der Waals surface area contributed by atoms with Crippen LogP contribution in [-0.2, 0) is 0 Å². The molecule has 0 aliphatic rings. The minimum absolute atomic E-state index is 0.705. The molecule has 2 heterocycles. The van der Waals surface area contributed by atoms with Gasteiger partial charge in [-0.25, -0.2) is 4.85 Å². The Morgan fingerprint density at radius 3 is 2.30 bits per heavy atom. The van der Waals surface area contributed by atoms with E-state index < -0.39 is 0 Å². The van der Waals surface area contributed by atoms with Gasteiger partial charge in [0.15, 0.2) is 5.69 Å². The van der Waals surface area contributed by atoms with Crippen molar-refractivity contribution < 1.29 is 0 Å². The Morgan fingerprint density at radius 1 is 0.800 bits per heavy atom. The van der Waals surface area contributed by atoms with E-state index in [1.54, 1.807) is 22.7 Å². The van der Waals surface area contributed by atoms with Gasteiger partial charge >= 0.3 is 0 Å². The first kappa shape index (κ1) is 11.7. The van der Waals surface area contributed by atoms with E-state index in [1.165, 1.54) is 31.3 Å². The third kappa shape index (κ3) is 1.66. The summed E-state index contributed by atoms with van der Waals surface area (Å²) in [5.74, 6) is 0. The van der Waals surface area contributed by atoms with Crippen LogP contribution in [0.4, 0.5) is 5.69 Å². The third-order valence-electron chi connectivity index (χ3n) is 3.46. The molecule has 0 saturated heterocycles. The normalized spacial score (nSPS) is 10.9. The summed E-state index contributed by atoms with van der Waals surface area (Å²) in [5.41, 5.74) is 3.23. The maximum Gasteiger partial charge on any atom is 0.187 e. The summed E-state index contributed by atoms with van der Waals surface area (Å²) in [6.45, 7) is 7.18. The topological polar surface area (TPSA) is 4.36 Å². The van der Waals surface area contributed by atoms with Crippen molar-refractivity contribution in [3.05, 3.63) is 64.6 Å². The molecule has 0 aliphatic heterocycles. The number of rotatable bonds is 1. The second kappa shape index (κ2) is 4.45. The maximum atomic E-state index is 7.18. The molecule has 0 radical (unpaired) electrons. The van der Waals surface area contributed by atoms with Gasteiger partial charge in [-0.15, -0.1) is 22.7 Å². The number of fused-ring (bicyclic) bond motifs is 2. The summed E-state index contributed by atoms with van der Waals surface area (Å²) in [6, 6.07) is 14.4. The van der Waals surface area contributed by atoms with Gasteiger partial charge in [-0.2, -0.15) is 0 Å². The summed E-state index contributed by atoms with van der Waals surface area (Å²) in [4.78, 5) is 3.54. The van der Waals surface area contributed by atoms with E-state index in [9.17, 15) is 0 Å². The molecule has 0 fully saturated rings. The predicted octanol–water partition coefficient (Wildman–Crippen LogP) is 6.33. The fourth-order valence-electron chi connectivity index (χ4n) is 2.48. The molecule has 0 bridgehead atoms. The van der Waals surface area contributed by atoms with Crippen molar-refractivity contribution in [3.63, 3.8) is 0 Å². The predicted molar refractivity (Wildman–Crippen MR) is 88.9 cm³/mol. The molecule has 0 unspecified atom stereocenters. The Morgan fingerprint density at radius 2 is 1.50 bits per heavy atom. The minimum atomic E-state index is 0.705. The summed E-state index contributed by atoms with van der Waals surface area (Å²) in [5, 5.41) is 6.90. The van der Waals surface area contributed by atoms with Gasteiger partial charge in [0.1, 0.15) is 0 Å². The monoisotopic (exact) mass is 291 g/mol. The van der Waals surface area contributed by atoms with Crippen molar-refractivity contribution in [1.82, 2.24) is 0 Å². The lowest BCUT2D eigenvalue weighted by atomic mass is 10.0. The van der Waals surface area contributed by atoms with Gasteiger partial charge < -0.3 is 0 Å². The van der Waals surface area contributed by atoms with Crippen LogP contribution in [0.3, 0.4) is 0 Å². The largest absolute Gasteiger partial charge is 0.238 e. The van der Waals surface area contributed by atoms with Crippen LogP contribution in [0.5, 0.6) is 0 Å². The Balaban J connectivity index is 2.05. The van der Waals surface area contributed by atoms with Crippen LogP contribution in [0.1, 0.15) is 0 Å². The lowest BCUT2D eigenvalue weighted by Crippen LogP contribution is -1.73. The SMILES string of the molecule is [C-]#[N+]c1ccc2scc(-c3csc4ccccc34)c2c1. The molecule has 2 aromatic heterocycles. The number of thiophene rings is 2. The number of hydrogen-bond donors (Lipinski definition) is 0. The van der Waals surface area contributed by atoms with Crippen LogP contribution in [0.15, 0.2) is 53.2 Å². The van der Waals surface area contributed by atoms with Crippen LogP contribution >= 0.6 is 22.7 Å². The average Bonchev–Trinajstić information content (AvgIpc) is 3.09. The van der Waals surface area contributed by atoms with E-state index in [0.29, 0.717) is 5.69 Å². The van der Waals surface area contributed by atoms with E-state index in [4.69, 9.17) is 6.57 Å². The van der Waals surface area contributed by atoms with Gasteiger partial charge in [0.05, 0.1) is 6.57 Å². The zero-order valence-corrected chi connectivity index (χ0v) is 12.1. The van der Waals surface area contributed by atoms with Gasteiger partial charge in [-0.05, 0) is 28.3 Å². The van der Waals surface area contributed by atoms with E-state index in [2.05, 4.69) is 39.9 Å². The highest BCUT2D eigenvalue weighted by Crippen LogP contribution is 2.41. The fraction of sp³-hybridized carbons (Fsp3) is 0. The standard InChI is InChI=1S/C17H9NS2/c1-18-11-6-7-17-13(8-11)15(10-20-17)14-9-19-16-5-3-2-4-12(14)16/h2-10H. The van der Waals surface area contributed by atoms with Gasteiger partial charge in [0, 0.05) is 25.9 Å². The summed E-state index contributed by atoms with van der Waals surface area (Å²) < 4.78 is 2.55. The Bertz CT molecular complexity index is 969. The molecule has 0 saturated carbocycles. The van der Waals surface area contributed by atoms with Crippen molar-refractivity contribution >= 4 is 48.5 Å². The molecule has 3 heteroatoms. The average molecular weight is 291 g/mol. The molecular weight excluding hydrogens is 282 g/mol. The van der Waals surface area contributed by atoms with Crippen molar-refractivity contribution in [2.24, 2.45) is 0 Å². The minimum Gasteiger partial charge on any atom is -0.238 e. The first-order chi connectivity index (χ1) is 9.86. The van der Waals surface area contributed by atoms with Crippen molar-refractivity contribution in [2.75, 3.05) is 0 Å². The van der Waals surface area contributed by atoms with Crippen molar-refractivity contribution in [2.45, 2.75) is 0 Å². The lowest BCUT2D eigenvalue weighted by molar-refractivity contribution is 1.81. The smallest absolute Gasteiger partial charge is 0.187 e. The van der Waals surface area contributed by atoms with E-state index in [1.807, 2.05) is 18.2 Å². The van der Waals surface area contributed by atoms with Crippen molar-refractivity contribution in [1.29, 1.82) is 0 Å². The number of benzene rings is 2. The van der Waals surface area contributed by atoms with Crippen LogP contribution in [0.25, 0.3) is 36.1 Å². The number of nitrogens with zero attached hydrogens (tertiary/aromatic N) is 1. The Kier molecular flexibility index (Phi) is 2.59. The van der Waals surface area contributed by atoms with E-state index in [-0.39, 0.29) is 0 Å². The molecule has 0 spiro atoms. The highest BCUT2D eigenvalue weighted by atomic mass is 32.1. The molecule has 0 atom stereocenters. The molecule has 0 aliphatic carbocycles. The zero-order chi connectivity index (χ0) is 13.5. The highest BCUT2D eigenvalue weighted by molar-refractivity contribution is 7.18.